The number of rotatable bonds is 5. The summed E-state index contributed by atoms with van der Waals surface area (Å²) in [5, 5.41) is 0. The second-order valence-corrected chi connectivity index (χ2v) is 3.72. The molecule has 0 saturated carbocycles. The predicted molar refractivity (Wildman–Crippen MR) is 41.0 cm³/mol. The first-order chi connectivity index (χ1) is 8.48. The van der Waals surface area contributed by atoms with Crippen molar-refractivity contribution in [2.45, 2.75) is 49.4 Å². The van der Waals surface area contributed by atoms with Crippen LogP contribution in [0, 0.1) is 0 Å². The van der Waals surface area contributed by atoms with Crippen LogP contribution in [-0.4, -0.2) is 36.0 Å². The van der Waals surface area contributed by atoms with Crippen molar-refractivity contribution >= 4 is 0 Å². The van der Waals surface area contributed by atoms with Gasteiger partial charge in [-0.1, -0.05) is 6.92 Å². The maximum Gasteiger partial charge on any atom is 0.460 e. The van der Waals surface area contributed by atoms with E-state index in [0.717, 1.165) is 0 Å². The molecule has 0 fully saturated rings. The minimum Gasteiger partial charge on any atom is -0.241 e. The van der Waals surface area contributed by atoms with E-state index in [9.17, 15) is 52.7 Å². The van der Waals surface area contributed by atoms with E-state index in [1.165, 1.54) is 0 Å². The summed E-state index contributed by atoms with van der Waals surface area (Å²) >= 11 is 0. The zero-order valence-corrected chi connectivity index (χ0v) is 9.32. The Morgan fingerprint density at radius 3 is 1.25 bits per heavy atom. The zero-order chi connectivity index (χ0) is 16.8. The smallest absolute Gasteiger partial charge is 0.241 e. The van der Waals surface area contributed by atoms with E-state index in [0.29, 0.717) is 6.92 Å². The van der Waals surface area contributed by atoms with Gasteiger partial charge in [-0.15, -0.1) is 0 Å². The van der Waals surface area contributed by atoms with E-state index in [-0.39, 0.29) is 0 Å². The van der Waals surface area contributed by atoms with Crippen LogP contribution in [0.3, 0.4) is 0 Å². The minimum atomic E-state index is -7.54. The fraction of sp³-hybridized carbons (Fsp3) is 1.00. The maximum atomic E-state index is 12.7. The summed E-state index contributed by atoms with van der Waals surface area (Å²) < 4.78 is 148. The van der Waals surface area contributed by atoms with Gasteiger partial charge in [0.05, 0.1) is 0 Å². The Morgan fingerprint density at radius 1 is 0.650 bits per heavy atom. The van der Waals surface area contributed by atoms with E-state index < -0.39 is 42.5 Å². The molecule has 122 valence electrons. The molecule has 0 nitrogen and oxygen atoms in total. The second kappa shape index (κ2) is 4.86. The molecule has 1 atom stereocenters. The van der Waals surface area contributed by atoms with Crippen molar-refractivity contribution in [2.75, 3.05) is 0 Å². The topological polar surface area (TPSA) is 0 Å². The molecular formula is C8H6F12. The first-order valence-electron chi connectivity index (χ1n) is 4.70. The van der Waals surface area contributed by atoms with Gasteiger partial charge in [-0.2, -0.15) is 48.3 Å². The van der Waals surface area contributed by atoms with E-state index in [4.69, 9.17) is 0 Å². The summed E-state index contributed by atoms with van der Waals surface area (Å²) in [4.78, 5) is 0. The van der Waals surface area contributed by atoms with Crippen molar-refractivity contribution in [3.8, 4) is 0 Å². The van der Waals surface area contributed by atoms with Crippen LogP contribution < -0.4 is 0 Å². The molecular weight excluding hydrogens is 324 g/mol. The lowest BCUT2D eigenvalue weighted by Crippen LogP contribution is -2.68. The Morgan fingerprint density at radius 2 is 1.00 bits per heavy atom. The Bertz CT molecular complexity index is 340. The molecule has 0 aromatic carbocycles. The summed E-state index contributed by atoms with van der Waals surface area (Å²) in [6, 6.07) is 0. The Kier molecular flexibility index (Phi) is 4.66. The van der Waals surface area contributed by atoms with Crippen molar-refractivity contribution in [1.82, 2.24) is 0 Å². The van der Waals surface area contributed by atoms with Crippen LogP contribution in [0.2, 0.25) is 0 Å². The lowest BCUT2D eigenvalue weighted by Gasteiger charge is -2.38. The van der Waals surface area contributed by atoms with Gasteiger partial charge in [-0.05, 0) is 6.42 Å². The highest BCUT2D eigenvalue weighted by Gasteiger charge is 2.88. The molecule has 0 aromatic heterocycles. The fourth-order valence-electron chi connectivity index (χ4n) is 1.04. The molecule has 0 spiro atoms. The molecule has 0 N–H and O–H groups in total. The third-order valence-electron chi connectivity index (χ3n) is 2.32. The summed E-state index contributed by atoms with van der Waals surface area (Å²) in [5.41, 5.74) is 0. The van der Waals surface area contributed by atoms with Crippen LogP contribution in [0.1, 0.15) is 13.3 Å². The average molecular weight is 330 g/mol. The molecule has 0 amide bonds. The molecule has 0 aliphatic rings. The fourth-order valence-corrected chi connectivity index (χ4v) is 1.04. The van der Waals surface area contributed by atoms with Crippen LogP contribution in [0.5, 0.6) is 0 Å². The third kappa shape index (κ3) is 2.41. The van der Waals surface area contributed by atoms with Crippen LogP contribution in [0.15, 0.2) is 0 Å². The molecule has 0 rings (SSSR count). The second-order valence-electron chi connectivity index (χ2n) is 3.72. The van der Waals surface area contributed by atoms with E-state index >= 15 is 0 Å². The molecule has 0 bridgehead atoms. The molecule has 0 aliphatic heterocycles. The van der Waals surface area contributed by atoms with Crippen molar-refractivity contribution in [2.24, 2.45) is 0 Å². The standard InChI is InChI=1S/C8H6F12/c1-2-3(9)4(10,11)5(12,13)6(14,15)7(16,17)8(18,19)20/h3H,2H2,1H3. The average Bonchev–Trinajstić information content (AvgIpc) is 2.25. The first kappa shape index (κ1) is 19.2. The summed E-state index contributed by atoms with van der Waals surface area (Å²) in [5.74, 6) is -28.7. The Balaban J connectivity index is 5.94. The van der Waals surface area contributed by atoms with Gasteiger partial charge in [0.1, 0.15) is 0 Å². The molecule has 0 saturated heterocycles. The van der Waals surface area contributed by atoms with Gasteiger partial charge in [-0.25, -0.2) is 4.39 Å². The monoisotopic (exact) mass is 330 g/mol. The van der Waals surface area contributed by atoms with Crippen molar-refractivity contribution in [3.63, 3.8) is 0 Å². The lowest BCUT2D eigenvalue weighted by atomic mass is 9.94. The number of hydrogen-bond donors (Lipinski definition) is 0. The van der Waals surface area contributed by atoms with E-state index in [2.05, 4.69) is 0 Å². The van der Waals surface area contributed by atoms with Crippen molar-refractivity contribution < 1.29 is 52.7 Å². The van der Waals surface area contributed by atoms with Gasteiger partial charge < -0.3 is 0 Å². The quantitative estimate of drug-likeness (QED) is 0.633. The molecule has 12 heteroatoms. The molecule has 0 aromatic rings. The highest BCUT2D eigenvalue weighted by Crippen LogP contribution is 2.58. The van der Waals surface area contributed by atoms with Gasteiger partial charge in [0.15, 0.2) is 6.17 Å². The van der Waals surface area contributed by atoms with Crippen LogP contribution in [-0.2, 0) is 0 Å². The number of hydrogen-bond acceptors (Lipinski definition) is 0. The van der Waals surface area contributed by atoms with Gasteiger partial charge in [0, 0.05) is 0 Å². The predicted octanol–water partition coefficient (Wildman–Crippen LogP) is 4.84. The molecule has 1 unspecified atom stereocenters. The summed E-state index contributed by atoms with van der Waals surface area (Å²) in [6.07, 6.45) is -12.8. The maximum absolute atomic E-state index is 12.7. The van der Waals surface area contributed by atoms with Crippen molar-refractivity contribution in [3.05, 3.63) is 0 Å². The summed E-state index contributed by atoms with van der Waals surface area (Å²) in [7, 11) is 0. The highest BCUT2D eigenvalue weighted by atomic mass is 19.4. The summed E-state index contributed by atoms with van der Waals surface area (Å²) in [6.45, 7) is 0.481. The van der Waals surface area contributed by atoms with Crippen LogP contribution in [0.25, 0.3) is 0 Å². The van der Waals surface area contributed by atoms with E-state index in [1.54, 1.807) is 0 Å². The molecule has 20 heavy (non-hydrogen) atoms. The van der Waals surface area contributed by atoms with Gasteiger partial charge >= 0.3 is 29.9 Å². The van der Waals surface area contributed by atoms with Gasteiger partial charge in [-0.3, -0.25) is 0 Å². The highest BCUT2D eigenvalue weighted by molar-refractivity contribution is 5.08. The van der Waals surface area contributed by atoms with Gasteiger partial charge in [0.2, 0.25) is 0 Å². The third-order valence-corrected chi connectivity index (χ3v) is 2.32. The number of halogens is 12. The SMILES string of the molecule is CCC(F)C(F)(F)C(F)(F)C(F)(F)C(F)(F)C(F)(F)F. The zero-order valence-electron chi connectivity index (χ0n) is 9.32. The molecule has 0 radical (unpaired) electrons. The van der Waals surface area contributed by atoms with Crippen LogP contribution in [0.4, 0.5) is 52.7 Å². The largest absolute Gasteiger partial charge is 0.460 e. The first-order valence-corrected chi connectivity index (χ1v) is 4.70. The Labute approximate surface area is 103 Å². The molecule has 0 heterocycles. The van der Waals surface area contributed by atoms with Gasteiger partial charge in [0.25, 0.3) is 0 Å². The number of alkyl halides is 12. The van der Waals surface area contributed by atoms with E-state index in [1.807, 2.05) is 0 Å². The lowest BCUT2D eigenvalue weighted by molar-refractivity contribution is -0.426. The van der Waals surface area contributed by atoms with Crippen molar-refractivity contribution in [1.29, 1.82) is 0 Å². The normalized spacial score (nSPS) is 17.2. The molecule has 0 aliphatic carbocycles. The van der Waals surface area contributed by atoms with Crippen LogP contribution >= 0.6 is 0 Å². The minimum absolute atomic E-state index is 0.481. The Hall–Kier alpha value is -0.840.